The number of carbonyl (C=O) groups excluding carboxylic acids is 1. The van der Waals surface area contributed by atoms with Crippen molar-refractivity contribution >= 4 is 34.8 Å². The molecule has 0 spiro atoms. The summed E-state index contributed by atoms with van der Waals surface area (Å²) < 4.78 is 0. The van der Waals surface area contributed by atoms with Crippen molar-refractivity contribution in [3.8, 4) is 12.1 Å². The number of nitrogen functional groups attached to an aromatic ring is 1. The molecule has 0 saturated carbocycles. The van der Waals surface area contributed by atoms with Gasteiger partial charge in [-0.1, -0.05) is 17.8 Å². The molecule has 0 unspecified atom stereocenters. The largest absolute Gasteiger partial charge is 0.383 e. The lowest BCUT2D eigenvalue weighted by molar-refractivity contribution is -0.119. The van der Waals surface area contributed by atoms with Gasteiger partial charge < -0.3 is 11.1 Å². The fourth-order valence-electron chi connectivity index (χ4n) is 1.82. The molecule has 1 atom stereocenters. The first-order chi connectivity index (χ1) is 11.0. The summed E-state index contributed by atoms with van der Waals surface area (Å²) in [7, 11) is 0. The van der Waals surface area contributed by atoms with Gasteiger partial charge in [-0.25, -0.2) is 4.98 Å². The normalized spacial score (nSPS) is 11.3. The molecule has 0 saturated heterocycles. The van der Waals surface area contributed by atoms with Gasteiger partial charge in [0.1, 0.15) is 23.0 Å². The molecule has 0 bridgehead atoms. The second-order valence-electron chi connectivity index (χ2n) is 4.59. The van der Waals surface area contributed by atoms with E-state index in [0.717, 1.165) is 16.6 Å². The summed E-state index contributed by atoms with van der Waals surface area (Å²) in [5.41, 5.74) is 6.04. The highest BCUT2D eigenvalue weighted by molar-refractivity contribution is 8.00. The number of rotatable bonds is 5. The average Bonchev–Trinajstić information content (AvgIpc) is 3.07. The molecular formula is C15H13N5OS2. The van der Waals surface area contributed by atoms with Crippen LogP contribution in [0, 0.1) is 22.7 Å². The number of nitrogens with two attached hydrogens (primary N) is 1. The number of hydrogen-bond acceptors (Lipinski definition) is 7. The second kappa shape index (κ2) is 7.63. The number of anilines is 1. The van der Waals surface area contributed by atoms with Crippen LogP contribution >= 0.6 is 23.1 Å². The Hall–Kier alpha value is -2.55. The van der Waals surface area contributed by atoms with Crippen LogP contribution in [0.25, 0.3) is 0 Å². The number of nitrogens with one attached hydrogen (secondary N) is 1. The van der Waals surface area contributed by atoms with Gasteiger partial charge in [-0.2, -0.15) is 10.5 Å². The topological polar surface area (TPSA) is 116 Å². The molecule has 0 aliphatic heterocycles. The Bertz CT molecular complexity index is 789. The van der Waals surface area contributed by atoms with Gasteiger partial charge in [0.05, 0.1) is 22.9 Å². The Kier molecular flexibility index (Phi) is 5.58. The lowest BCUT2D eigenvalue weighted by atomic mass is 10.2. The second-order valence-corrected chi connectivity index (χ2v) is 6.53. The van der Waals surface area contributed by atoms with Crippen molar-refractivity contribution in [3.05, 3.63) is 39.6 Å². The average molecular weight is 343 g/mol. The minimum Gasteiger partial charge on any atom is -0.383 e. The fraction of sp³-hybridized carbons (Fsp3) is 0.200. The smallest absolute Gasteiger partial charge is 0.230 e. The Morgan fingerprint density at radius 2 is 2.22 bits per heavy atom. The maximum atomic E-state index is 12.0. The van der Waals surface area contributed by atoms with Gasteiger partial charge in [-0.3, -0.25) is 4.79 Å². The third-order valence-electron chi connectivity index (χ3n) is 2.95. The summed E-state index contributed by atoms with van der Waals surface area (Å²) in [5.74, 6) is 0.00816. The molecule has 2 aromatic heterocycles. The first-order valence-electron chi connectivity index (χ1n) is 6.61. The van der Waals surface area contributed by atoms with E-state index in [0.29, 0.717) is 5.03 Å². The van der Waals surface area contributed by atoms with Gasteiger partial charge in [0.25, 0.3) is 0 Å². The predicted octanol–water partition coefficient (Wildman–Crippen LogP) is 2.44. The molecule has 0 fully saturated rings. The van der Waals surface area contributed by atoms with Crippen LogP contribution in [0.5, 0.6) is 0 Å². The van der Waals surface area contributed by atoms with Gasteiger partial charge in [0.2, 0.25) is 5.91 Å². The molecule has 2 heterocycles. The van der Waals surface area contributed by atoms with Gasteiger partial charge in [-0.05, 0) is 24.4 Å². The van der Waals surface area contributed by atoms with E-state index in [1.54, 1.807) is 11.3 Å². The number of aromatic nitrogens is 1. The van der Waals surface area contributed by atoms with E-state index in [1.165, 1.54) is 6.07 Å². The predicted molar refractivity (Wildman–Crippen MR) is 89.7 cm³/mol. The number of nitrogens with zero attached hydrogens (tertiary/aromatic N) is 3. The van der Waals surface area contributed by atoms with Crippen molar-refractivity contribution < 1.29 is 4.79 Å². The van der Waals surface area contributed by atoms with E-state index in [1.807, 2.05) is 36.6 Å². The quantitative estimate of drug-likeness (QED) is 0.806. The number of carbonyl (C=O) groups is 1. The lowest BCUT2D eigenvalue weighted by Crippen LogP contribution is -2.27. The van der Waals surface area contributed by atoms with Crippen LogP contribution in [-0.2, 0) is 4.79 Å². The van der Waals surface area contributed by atoms with E-state index < -0.39 is 0 Å². The van der Waals surface area contributed by atoms with Crippen molar-refractivity contribution in [2.45, 2.75) is 18.0 Å². The van der Waals surface area contributed by atoms with Crippen molar-refractivity contribution in [1.82, 2.24) is 10.3 Å². The van der Waals surface area contributed by atoms with E-state index in [-0.39, 0.29) is 34.6 Å². The molecule has 0 aromatic carbocycles. The molecular weight excluding hydrogens is 330 g/mol. The molecule has 8 heteroatoms. The maximum Gasteiger partial charge on any atom is 0.230 e. The highest BCUT2D eigenvalue weighted by atomic mass is 32.2. The van der Waals surface area contributed by atoms with E-state index >= 15 is 0 Å². The van der Waals surface area contributed by atoms with Crippen LogP contribution < -0.4 is 11.1 Å². The Labute approximate surface area is 141 Å². The van der Waals surface area contributed by atoms with Crippen LogP contribution in [0.2, 0.25) is 0 Å². The maximum absolute atomic E-state index is 12.0. The van der Waals surface area contributed by atoms with Gasteiger partial charge >= 0.3 is 0 Å². The van der Waals surface area contributed by atoms with Gasteiger partial charge in [-0.15, -0.1) is 11.3 Å². The third kappa shape index (κ3) is 4.22. The summed E-state index contributed by atoms with van der Waals surface area (Å²) in [6, 6.07) is 9.04. The summed E-state index contributed by atoms with van der Waals surface area (Å²) in [6.45, 7) is 1.91. The summed E-state index contributed by atoms with van der Waals surface area (Å²) in [5, 5.41) is 23.2. The zero-order valence-electron chi connectivity index (χ0n) is 12.2. The molecule has 2 rings (SSSR count). The standard InChI is InChI=1S/C15H13N5OS2/c1-9(12-3-2-4-22-12)19-13(21)8-23-15-11(7-17)5-10(6-16)14(18)20-15/h2-5,9H,8H2,1H3,(H2,18,20)(H,19,21)/t9-/m0/s1. The fourth-order valence-corrected chi connectivity index (χ4v) is 3.32. The molecule has 0 aliphatic rings. The Balaban J connectivity index is 2.01. The van der Waals surface area contributed by atoms with Crippen LogP contribution in [0.1, 0.15) is 29.0 Å². The van der Waals surface area contributed by atoms with E-state index in [9.17, 15) is 4.79 Å². The summed E-state index contributed by atoms with van der Waals surface area (Å²) in [6.07, 6.45) is 0. The highest BCUT2D eigenvalue weighted by Crippen LogP contribution is 2.24. The Morgan fingerprint density at radius 3 is 2.83 bits per heavy atom. The number of hydrogen-bond donors (Lipinski definition) is 2. The molecule has 6 nitrogen and oxygen atoms in total. The van der Waals surface area contributed by atoms with E-state index in [4.69, 9.17) is 16.3 Å². The molecule has 116 valence electrons. The zero-order chi connectivity index (χ0) is 16.8. The van der Waals surface area contributed by atoms with Crippen LogP contribution in [0.4, 0.5) is 5.82 Å². The minimum absolute atomic E-state index is 0.0568. The van der Waals surface area contributed by atoms with Crippen LogP contribution in [0.3, 0.4) is 0 Å². The number of amides is 1. The van der Waals surface area contributed by atoms with Crippen molar-refractivity contribution in [2.24, 2.45) is 0 Å². The van der Waals surface area contributed by atoms with Crippen molar-refractivity contribution in [1.29, 1.82) is 10.5 Å². The number of thiophene rings is 1. The summed E-state index contributed by atoms with van der Waals surface area (Å²) >= 11 is 2.70. The van der Waals surface area contributed by atoms with Gasteiger partial charge in [0.15, 0.2) is 0 Å². The highest BCUT2D eigenvalue weighted by Gasteiger charge is 2.14. The Morgan fingerprint density at radius 1 is 1.48 bits per heavy atom. The molecule has 0 radical (unpaired) electrons. The van der Waals surface area contributed by atoms with Crippen molar-refractivity contribution in [3.63, 3.8) is 0 Å². The molecule has 23 heavy (non-hydrogen) atoms. The molecule has 2 aromatic rings. The monoisotopic (exact) mass is 343 g/mol. The van der Waals surface area contributed by atoms with Gasteiger partial charge in [0, 0.05) is 4.88 Å². The number of thioether (sulfide) groups is 1. The SMILES string of the molecule is C[C@H](NC(=O)CSc1nc(N)c(C#N)cc1C#N)c1cccs1. The molecule has 0 aliphatic carbocycles. The summed E-state index contributed by atoms with van der Waals surface area (Å²) in [4.78, 5) is 17.1. The zero-order valence-corrected chi connectivity index (χ0v) is 13.9. The number of pyridine rings is 1. The first kappa shape index (κ1) is 16.8. The van der Waals surface area contributed by atoms with Crippen LogP contribution in [0.15, 0.2) is 28.6 Å². The van der Waals surface area contributed by atoms with E-state index in [2.05, 4.69) is 10.3 Å². The minimum atomic E-state index is -0.162. The first-order valence-corrected chi connectivity index (χ1v) is 8.48. The third-order valence-corrected chi connectivity index (χ3v) is 4.99. The number of nitriles is 2. The molecule has 1 amide bonds. The lowest BCUT2D eigenvalue weighted by Gasteiger charge is -2.12. The van der Waals surface area contributed by atoms with Crippen molar-refractivity contribution in [2.75, 3.05) is 11.5 Å². The van der Waals surface area contributed by atoms with Crippen LogP contribution in [-0.4, -0.2) is 16.6 Å². The molecule has 3 N–H and O–H groups in total.